The minimum absolute atomic E-state index is 0.158. The Morgan fingerprint density at radius 2 is 1.64 bits per heavy atom. The summed E-state index contributed by atoms with van der Waals surface area (Å²) in [5, 5.41) is 6.33. The van der Waals surface area contributed by atoms with Crippen LogP contribution >= 0.6 is 0 Å². The molecule has 1 aliphatic heterocycles. The third-order valence-electron chi connectivity index (χ3n) is 7.65. The van der Waals surface area contributed by atoms with Crippen LogP contribution in [0.3, 0.4) is 0 Å². The van der Waals surface area contributed by atoms with Crippen LogP contribution in [0.25, 0.3) is 38.7 Å². The number of aromatic nitrogens is 3. The lowest BCUT2D eigenvalue weighted by atomic mass is 9.96. The van der Waals surface area contributed by atoms with Gasteiger partial charge in [0.25, 0.3) is 0 Å². The quantitative estimate of drug-likeness (QED) is 0.299. The fourth-order valence-corrected chi connectivity index (χ4v) is 5.65. The van der Waals surface area contributed by atoms with Gasteiger partial charge in [-0.2, -0.15) is 5.10 Å². The Balaban J connectivity index is 1.22. The summed E-state index contributed by atoms with van der Waals surface area (Å²) >= 11 is 0. The number of carbonyl (C=O) groups excluding carboxylic acids is 2. The smallest absolute Gasteiger partial charge is 0.410 e. The van der Waals surface area contributed by atoms with Crippen LogP contribution < -0.4 is 10.6 Å². The largest absolute Gasteiger partial charge is 0.444 e. The van der Waals surface area contributed by atoms with Gasteiger partial charge >= 0.3 is 6.09 Å². The minimum Gasteiger partial charge on any atom is -0.444 e. The van der Waals surface area contributed by atoms with Crippen molar-refractivity contribution in [2.75, 3.05) is 24.5 Å². The Morgan fingerprint density at radius 1 is 0.905 bits per heavy atom. The topological polar surface area (TPSA) is 106 Å². The van der Waals surface area contributed by atoms with E-state index < -0.39 is 11.5 Å². The van der Waals surface area contributed by atoms with E-state index in [1.165, 1.54) is 0 Å². The van der Waals surface area contributed by atoms with E-state index in [1.807, 2.05) is 63.5 Å². The molecule has 6 rings (SSSR count). The summed E-state index contributed by atoms with van der Waals surface area (Å²) < 4.78 is 7.34. The number of primary amides is 1. The van der Waals surface area contributed by atoms with Crippen molar-refractivity contribution in [3.63, 3.8) is 0 Å². The van der Waals surface area contributed by atoms with E-state index in [-0.39, 0.29) is 12.1 Å². The van der Waals surface area contributed by atoms with Gasteiger partial charge in [0.05, 0.1) is 6.20 Å². The maximum Gasteiger partial charge on any atom is 0.410 e. The van der Waals surface area contributed by atoms with Crippen LogP contribution in [0.4, 0.5) is 10.5 Å². The number of piperazine rings is 1. The van der Waals surface area contributed by atoms with E-state index in [0.717, 1.165) is 50.9 Å². The van der Waals surface area contributed by atoms with Gasteiger partial charge < -0.3 is 20.3 Å². The van der Waals surface area contributed by atoms with Crippen LogP contribution in [0, 0.1) is 0 Å². The standard InChI is InChI=1S/C33H34N6O3/c1-21-19-37(32(41)42-33(2,3)4)15-16-38(21)24-13-11-22(12-14-24)23-17-35-31-29(18-36-39(31)20-23)27-9-5-8-26-25(27)7-6-10-28(26)30(34)40/h5-14,17-18,20-21H,15-16,19H2,1-4H3,(H2,34,40)/t21-/m0/s1. The zero-order valence-electron chi connectivity index (χ0n) is 24.2. The molecular formula is C33H34N6O3. The summed E-state index contributed by atoms with van der Waals surface area (Å²) in [6, 6.07) is 20.0. The van der Waals surface area contributed by atoms with Crippen molar-refractivity contribution in [2.45, 2.75) is 39.3 Å². The third kappa shape index (κ3) is 5.13. The summed E-state index contributed by atoms with van der Waals surface area (Å²) in [4.78, 5) is 33.4. The van der Waals surface area contributed by atoms with E-state index in [0.29, 0.717) is 18.7 Å². The monoisotopic (exact) mass is 562 g/mol. The second-order valence-corrected chi connectivity index (χ2v) is 11.8. The molecule has 1 atom stereocenters. The molecule has 1 saturated heterocycles. The first-order chi connectivity index (χ1) is 20.1. The Kier molecular flexibility index (Phi) is 6.80. The molecule has 9 nitrogen and oxygen atoms in total. The molecule has 2 amide bonds. The van der Waals surface area contributed by atoms with Gasteiger partial charge in [-0.3, -0.25) is 4.79 Å². The number of fused-ring (bicyclic) bond motifs is 2. The van der Waals surface area contributed by atoms with Crippen molar-refractivity contribution in [3.8, 4) is 22.3 Å². The molecule has 5 aromatic rings. The molecule has 3 heterocycles. The van der Waals surface area contributed by atoms with Crippen LogP contribution in [0.1, 0.15) is 38.1 Å². The van der Waals surface area contributed by atoms with Crippen LogP contribution in [-0.2, 0) is 4.74 Å². The average molecular weight is 563 g/mol. The molecule has 1 fully saturated rings. The number of amides is 2. The van der Waals surface area contributed by atoms with E-state index in [2.05, 4.69) is 41.2 Å². The molecule has 1 aliphatic rings. The van der Waals surface area contributed by atoms with Gasteiger partial charge in [-0.05, 0) is 67.8 Å². The SMILES string of the molecule is C[C@H]1CN(C(=O)OC(C)(C)C)CCN1c1ccc(-c2cnc3c(-c4cccc5c(C(N)=O)cccc45)cnn3c2)cc1. The Bertz CT molecular complexity index is 1800. The first kappa shape index (κ1) is 27.3. The maximum atomic E-state index is 12.5. The summed E-state index contributed by atoms with van der Waals surface area (Å²) in [5.74, 6) is -0.455. The maximum absolute atomic E-state index is 12.5. The molecule has 0 bridgehead atoms. The number of rotatable bonds is 4. The normalized spacial score (nSPS) is 15.8. The van der Waals surface area contributed by atoms with E-state index in [9.17, 15) is 9.59 Å². The summed E-state index contributed by atoms with van der Waals surface area (Å²) in [5.41, 5.74) is 11.2. The molecule has 0 aliphatic carbocycles. The zero-order chi connectivity index (χ0) is 29.6. The molecule has 0 radical (unpaired) electrons. The highest BCUT2D eigenvalue weighted by atomic mass is 16.6. The second kappa shape index (κ2) is 10.5. The third-order valence-corrected chi connectivity index (χ3v) is 7.65. The molecule has 2 N–H and O–H groups in total. The van der Waals surface area contributed by atoms with E-state index in [1.54, 1.807) is 21.7 Å². The summed E-state index contributed by atoms with van der Waals surface area (Å²) in [6.07, 6.45) is 5.38. The first-order valence-electron chi connectivity index (χ1n) is 14.1. The number of carbonyl (C=O) groups is 2. The number of hydrogen-bond donors (Lipinski definition) is 1. The highest BCUT2D eigenvalue weighted by molar-refractivity contribution is 6.10. The molecular weight excluding hydrogens is 528 g/mol. The Labute approximate surface area is 244 Å². The van der Waals surface area contributed by atoms with Gasteiger partial charge in [0.15, 0.2) is 5.65 Å². The lowest BCUT2D eigenvalue weighted by Gasteiger charge is -2.41. The van der Waals surface area contributed by atoms with Gasteiger partial charge in [-0.25, -0.2) is 14.3 Å². The van der Waals surface area contributed by atoms with Gasteiger partial charge in [0.1, 0.15) is 5.60 Å². The minimum atomic E-state index is -0.505. The summed E-state index contributed by atoms with van der Waals surface area (Å²) in [7, 11) is 0. The molecule has 2 aromatic heterocycles. The molecule has 0 saturated carbocycles. The second-order valence-electron chi connectivity index (χ2n) is 11.8. The molecule has 0 spiro atoms. The Hall–Kier alpha value is -4.92. The average Bonchev–Trinajstić information content (AvgIpc) is 3.39. The number of benzene rings is 3. The fraction of sp³-hybridized carbons (Fsp3) is 0.273. The van der Waals surface area contributed by atoms with Crippen molar-refractivity contribution < 1.29 is 14.3 Å². The molecule has 42 heavy (non-hydrogen) atoms. The van der Waals surface area contributed by atoms with Crippen LogP contribution in [0.5, 0.6) is 0 Å². The van der Waals surface area contributed by atoms with Crippen molar-refractivity contribution in [3.05, 3.63) is 84.8 Å². The van der Waals surface area contributed by atoms with Crippen molar-refractivity contribution >= 4 is 34.1 Å². The number of nitrogens with zero attached hydrogens (tertiary/aromatic N) is 5. The van der Waals surface area contributed by atoms with Gasteiger partial charge in [0.2, 0.25) is 5.91 Å². The number of hydrogen-bond acceptors (Lipinski definition) is 6. The number of nitrogens with two attached hydrogens (primary N) is 1. The highest BCUT2D eigenvalue weighted by Gasteiger charge is 2.30. The Morgan fingerprint density at radius 3 is 2.36 bits per heavy atom. The number of anilines is 1. The molecule has 214 valence electrons. The zero-order valence-corrected chi connectivity index (χ0v) is 24.2. The van der Waals surface area contributed by atoms with E-state index in [4.69, 9.17) is 15.5 Å². The lowest BCUT2D eigenvalue weighted by Crippen LogP contribution is -2.54. The van der Waals surface area contributed by atoms with E-state index >= 15 is 0 Å². The highest BCUT2D eigenvalue weighted by Crippen LogP contribution is 2.33. The van der Waals surface area contributed by atoms with Gasteiger partial charge in [-0.15, -0.1) is 0 Å². The van der Waals surface area contributed by atoms with Gasteiger partial charge in [-0.1, -0.05) is 42.5 Å². The predicted octanol–water partition coefficient (Wildman–Crippen LogP) is 5.76. The molecule has 9 heteroatoms. The van der Waals surface area contributed by atoms with Crippen molar-refractivity contribution in [1.29, 1.82) is 0 Å². The van der Waals surface area contributed by atoms with Crippen LogP contribution in [-0.4, -0.2) is 62.8 Å². The van der Waals surface area contributed by atoms with Gasteiger partial charge in [0, 0.05) is 60.4 Å². The lowest BCUT2D eigenvalue weighted by molar-refractivity contribution is 0.0218. The van der Waals surface area contributed by atoms with Crippen LogP contribution in [0.2, 0.25) is 0 Å². The molecule has 3 aromatic carbocycles. The van der Waals surface area contributed by atoms with Crippen LogP contribution in [0.15, 0.2) is 79.3 Å². The van der Waals surface area contributed by atoms with Crippen molar-refractivity contribution in [1.82, 2.24) is 19.5 Å². The summed E-state index contributed by atoms with van der Waals surface area (Å²) in [6.45, 7) is 9.75. The fourth-order valence-electron chi connectivity index (χ4n) is 5.65. The number of ether oxygens (including phenoxy) is 1. The molecule has 0 unspecified atom stereocenters. The van der Waals surface area contributed by atoms with Crippen molar-refractivity contribution in [2.24, 2.45) is 5.73 Å². The first-order valence-corrected chi connectivity index (χ1v) is 14.1. The predicted molar refractivity (Wildman–Crippen MR) is 164 cm³/mol.